The van der Waals surface area contributed by atoms with E-state index >= 15 is 0 Å². The number of hydrogen-bond donors (Lipinski definition) is 11. The Bertz CT molecular complexity index is 683. The first-order valence-corrected chi connectivity index (χ1v) is 10.7. The maximum Gasteiger partial charge on any atom is 0.237 e. The van der Waals surface area contributed by atoms with Crippen LogP contribution in [0.5, 0.6) is 0 Å². The molecule has 0 aliphatic carbocycles. The minimum atomic E-state index is -1.80. The SMILES string of the molecule is NC(N)=NCCC[C@H](N)C(=O)NC[C@H]1O[C@H](O[C@H]2O[C@H](CO)[C@@H](O)[C@H](O)[C@H]2O)[C@H](O)[C@@H](O)[C@@H]1O. The van der Waals surface area contributed by atoms with Gasteiger partial charge in [0, 0.05) is 13.1 Å². The van der Waals surface area contributed by atoms with Crippen molar-refractivity contribution < 1.29 is 54.8 Å². The summed E-state index contributed by atoms with van der Waals surface area (Å²) < 4.78 is 16.0. The highest BCUT2D eigenvalue weighted by atomic mass is 16.8. The van der Waals surface area contributed by atoms with E-state index in [4.69, 9.17) is 31.4 Å². The van der Waals surface area contributed by atoms with Gasteiger partial charge in [0.2, 0.25) is 5.91 Å². The summed E-state index contributed by atoms with van der Waals surface area (Å²) in [5.41, 5.74) is 16.2. The van der Waals surface area contributed by atoms with E-state index in [1.54, 1.807) is 0 Å². The van der Waals surface area contributed by atoms with E-state index in [2.05, 4.69) is 10.3 Å². The zero-order valence-electron chi connectivity index (χ0n) is 18.3. The normalized spacial score (nSPS) is 39.3. The third-order valence-electron chi connectivity index (χ3n) is 5.57. The maximum atomic E-state index is 12.2. The molecule has 11 atom stereocenters. The Morgan fingerprint density at radius 3 is 1.97 bits per heavy atom. The lowest BCUT2D eigenvalue weighted by Crippen LogP contribution is -2.64. The summed E-state index contributed by atoms with van der Waals surface area (Å²) in [5, 5.41) is 72.1. The number of aliphatic hydroxyl groups excluding tert-OH is 7. The Labute approximate surface area is 194 Å². The number of nitrogens with two attached hydrogens (primary N) is 3. The fraction of sp³-hybridized carbons (Fsp3) is 0.889. The van der Waals surface area contributed by atoms with Crippen molar-refractivity contribution in [2.75, 3.05) is 19.7 Å². The summed E-state index contributed by atoms with van der Waals surface area (Å²) in [4.78, 5) is 16.0. The summed E-state index contributed by atoms with van der Waals surface area (Å²) in [6.07, 6.45) is -15.5. The Morgan fingerprint density at radius 1 is 0.912 bits per heavy atom. The number of hydrogen-bond acceptors (Lipinski definition) is 13. The fourth-order valence-electron chi connectivity index (χ4n) is 3.49. The molecule has 2 aliphatic heterocycles. The first-order chi connectivity index (χ1) is 16.0. The minimum Gasteiger partial charge on any atom is -0.394 e. The maximum absolute atomic E-state index is 12.2. The highest BCUT2D eigenvalue weighted by Crippen LogP contribution is 2.28. The van der Waals surface area contributed by atoms with Crippen LogP contribution < -0.4 is 22.5 Å². The topological polar surface area (TPSA) is 289 Å². The Hall–Kier alpha value is -1.70. The number of ether oxygens (including phenoxy) is 3. The molecular weight excluding hydrogens is 462 g/mol. The Kier molecular flexibility index (Phi) is 10.8. The molecule has 14 N–H and O–H groups in total. The first-order valence-electron chi connectivity index (χ1n) is 10.7. The predicted molar refractivity (Wildman–Crippen MR) is 112 cm³/mol. The molecule has 198 valence electrons. The summed E-state index contributed by atoms with van der Waals surface area (Å²) in [5.74, 6) is -0.657. The number of carbonyl (C=O) groups is 1. The van der Waals surface area contributed by atoms with Crippen molar-refractivity contribution in [1.29, 1.82) is 0 Å². The molecule has 34 heavy (non-hydrogen) atoms. The van der Waals surface area contributed by atoms with E-state index < -0.39 is 80.0 Å². The van der Waals surface area contributed by atoms with E-state index in [1.807, 2.05) is 0 Å². The number of guanidine groups is 1. The van der Waals surface area contributed by atoms with Crippen LogP contribution in [0.15, 0.2) is 4.99 Å². The van der Waals surface area contributed by atoms with E-state index in [-0.39, 0.29) is 25.5 Å². The standard InChI is InChI=1S/C18H35N5O11/c19-6(2-1-3-22-18(20)21)15(31)23-4-7-9(25)11(27)13(29)16(32-7)34-17-14(30)12(28)10(26)8(5-24)33-17/h6-14,16-17,24-30H,1-5,19H2,(H,23,31)(H4,20,21,22)/t6-,7+,8+,9+,10+,11-,12-,13+,14+,16+,17+/m0/s1. The number of nitrogens with one attached hydrogen (secondary N) is 1. The second-order valence-corrected chi connectivity index (χ2v) is 8.15. The number of amides is 1. The van der Waals surface area contributed by atoms with Gasteiger partial charge in [0.25, 0.3) is 0 Å². The molecule has 2 fully saturated rings. The third kappa shape index (κ3) is 7.15. The highest BCUT2D eigenvalue weighted by molar-refractivity contribution is 5.81. The largest absolute Gasteiger partial charge is 0.394 e. The van der Waals surface area contributed by atoms with Crippen molar-refractivity contribution in [3.8, 4) is 0 Å². The highest BCUT2D eigenvalue weighted by Gasteiger charge is 2.49. The van der Waals surface area contributed by atoms with Gasteiger partial charge in [0.15, 0.2) is 18.5 Å². The van der Waals surface area contributed by atoms with Crippen LogP contribution in [0.25, 0.3) is 0 Å². The lowest BCUT2D eigenvalue weighted by molar-refractivity contribution is -0.374. The molecule has 16 nitrogen and oxygen atoms in total. The number of carbonyl (C=O) groups excluding carboxylic acids is 1. The molecule has 2 heterocycles. The molecule has 1 amide bonds. The van der Waals surface area contributed by atoms with Gasteiger partial charge in [-0.05, 0) is 12.8 Å². The molecule has 2 aliphatic rings. The molecular formula is C18H35N5O11. The van der Waals surface area contributed by atoms with Crippen molar-refractivity contribution in [1.82, 2.24) is 5.32 Å². The van der Waals surface area contributed by atoms with Gasteiger partial charge < -0.3 is 72.5 Å². The van der Waals surface area contributed by atoms with E-state index in [1.165, 1.54) is 0 Å². The summed E-state index contributed by atoms with van der Waals surface area (Å²) >= 11 is 0. The van der Waals surface area contributed by atoms with Gasteiger partial charge in [-0.2, -0.15) is 0 Å². The van der Waals surface area contributed by atoms with E-state index in [0.29, 0.717) is 6.42 Å². The predicted octanol–water partition coefficient (Wildman–Crippen LogP) is -6.89. The molecule has 0 aromatic carbocycles. The molecule has 0 aromatic heterocycles. The molecule has 0 spiro atoms. The number of aliphatic hydroxyl groups is 7. The zero-order valence-corrected chi connectivity index (χ0v) is 18.3. The molecule has 2 saturated heterocycles. The molecule has 2 rings (SSSR count). The van der Waals surface area contributed by atoms with Gasteiger partial charge in [-0.1, -0.05) is 0 Å². The van der Waals surface area contributed by atoms with Gasteiger partial charge in [0.1, 0.15) is 48.8 Å². The summed E-state index contributed by atoms with van der Waals surface area (Å²) in [6.45, 7) is -0.740. The van der Waals surface area contributed by atoms with E-state index in [0.717, 1.165) is 0 Å². The number of nitrogens with zero attached hydrogens (tertiary/aromatic N) is 1. The lowest BCUT2D eigenvalue weighted by Gasteiger charge is -2.44. The van der Waals surface area contributed by atoms with Gasteiger partial charge in [-0.15, -0.1) is 0 Å². The molecule has 0 saturated carbocycles. The van der Waals surface area contributed by atoms with Crippen molar-refractivity contribution in [2.45, 2.75) is 80.3 Å². The van der Waals surface area contributed by atoms with Crippen LogP contribution in [0, 0.1) is 0 Å². The quantitative estimate of drug-likeness (QED) is 0.0759. The summed E-state index contributed by atoms with van der Waals surface area (Å²) in [7, 11) is 0. The van der Waals surface area contributed by atoms with Crippen LogP contribution in [-0.2, 0) is 19.0 Å². The van der Waals surface area contributed by atoms with Gasteiger partial charge in [0.05, 0.1) is 12.6 Å². The molecule has 0 radical (unpaired) electrons. The molecule has 16 heteroatoms. The van der Waals surface area contributed by atoms with Crippen molar-refractivity contribution in [2.24, 2.45) is 22.2 Å². The van der Waals surface area contributed by atoms with Crippen LogP contribution in [-0.4, -0.2) is 135 Å². The second-order valence-electron chi connectivity index (χ2n) is 8.15. The molecule has 0 unspecified atom stereocenters. The smallest absolute Gasteiger partial charge is 0.237 e. The van der Waals surface area contributed by atoms with Crippen LogP contribution in [0.1, 0.15) is 12.8 Å². The van der Waals surface area contributed by atoms with E-state index in [9.17, 15) is 40.5 Å². The van der Waals surface area contributed by atoms with Crippen molar-refractivity contribution >= 4 is 11.9 Å². The van der Waals surface area contributed by atoms with Crippen molar-refractivity contribution in [3.63, 3.8) is 0 Å². The summed E-state index contributed by atoms with van der Waals surface area (Å²) in [6, 6.07) is -0.911. The average Bonchev–Trinajstić information content (AvgIpc) is 2.80. The molecule has 0 bridgehead atoms. The Balaban J connectivity index is 1.94. The monoisotopic (exact) mass is 497 g/mol. The molecule has 0 aromatic rings. The van der Waals surface area contributed by atoms with Gasteiger partial charge in [-0.25, -0.2) is 0 Å². The lowest BCUT2D eigenvalue weighted by atomic mass is 9.97. The van der Waals surface area contributed by atoms with Crippen LogP contribution in [0.2, 0.25) is 0 Å². The second kappa shape index (κ2) is 12.8. The zero-order chi connectivity index (χ0) is 25.6. The van der Waals surface area contributed by atoms with Gasteiger partial charge in [-0.3, -0.25) is 9.79 Å². The third-order valence-corrected chi connectivity index (χ3v) is 5.57. The van der Waals surface area contributed by atoms with Gasteiger partial charge >= 0.3 is 0 Å². The van der Waals surface area contributed by atoms with Crippen LogP contribution >= 0.6 is 0 Å². The minimum absolute atomic E-state index is 0.0808. The Morgan fingerprint density at radius 2 is 1.44 bits per heavy atom. The fourth-order valence-corrected chi connectivity index (χ4v) is 3.49. The van der Waals surface area contributed by atoms with Crippen molar-refractivity contribution in [3.05, 3.63) is 0 Å². The first kappa shape index (κ1) is 28.5. The number of aliphatic imine (C=N–C) groups is 1. The number of rotatable bonds is 10. The van der Waals surface area contributed by atoms with Crippen LogP contribution in [0.4, 0.5) is 0 Å². The average molecular weight is 498 g/mol. The van der Waals surface area contributed by atoms with Crippen LogP contribution in [0.3, 0.4) is 0 Å².